The van der Waals surface area contributed by atoms with Gasteiger partial charge in [0.2, 0.25) is 11.2 Å². The van der Waals surface area contributed by atoms with Gasteiger partial charge in [0.05, 0.1) is 23.7 Å². The van der Waals surface area contributed by atoms with Gasteiger partial charge in [-0.2, -0.15) is 10.1 Å². The summed E-state index contributed by atoms with van der Waals surface area (Å²) in [6, 6.07) is 0.449. The molecule has 2 aromatic heterocycles. The molecular formula is C13H14ClN5O. The fourth-order valence-corrected chi connectivity index (χ4v) is 3.73. The van der Waals surface area contributed by atoms with Crippen molar-refractivity contribution >= 4 is 28.5 Å². The predicted octanol–water partition coefficient (Wildman–Crippen LogP) is 1.66. The van der Waals surface area contributed by atoms with Crippen LogP contribution in [0, 0.1) is 5.92 Å². The minimum absolute atomic E-state index is 0.141. The highest BCUT2D eigenvalue weighted by molar-refractivity contribution is 6.28. The molecule has 0 bridgehead atoms. The second-order valence-corrected chi connectivity index (χ2v) is 5.91. The van der Waals surface area contributed by atoms with E-state index in [0.29, 0.717) is 5.92 Å². The monoisotopic (exact) mass is 291 g/mol. The summed E-state index contributed by atoms with van der Waals surface area (Å²) in [6.07, 6.45) is 5.61. The van der Waals surface area contributed by atoms with Crippen LogP contribution in [0.1, 0.15) is 25.8 Å². The number of hydrogen-bond donors (Lipinski definition) is 0. The van der Waals surface area contributed by atoms with Crippen molar-refractivity contribution in [2.45, 2.75) is 31.8 Å². The summed E-state index contributed by atoms with van der Waals surface area (Å²) < 4.78 is 1.92. The van der Waals surface area contributed by atoms with Crippen LogP contribution in [0.15, 0.2) is 12.4 Å². The predicted molar refractivity (Wildman–Crippen MR) is 73.3 cm³/mol. The Morgan fingerprint density at radius 1 is 1.40 bits per heavy atom. The number of likely N-dealkylation sites (tertiary alicyclic amines) is 1. The molecule has 0 N–H and O–H groups in total. The number of nitrogens with zero attached hydrogens (tertiary/aromatic N) is 5. The van der Waals surface area contributed by atoms with E-state index in [4.69, 9.17) is 11.6 Å². The molecule has 1 aliphatic carbocycles. The molecule has 4 rings (SSSR count). The standard InChI is InChI=1S/C13H14ClN5O/c1-7(20)18-6-8-2-3-10(11(8)18)19-12-9(5-16-19)4-15-13(14)17-12/h4-5,8,10-11H,2-3,6H2,1H3/t8-,10+,11+/m0/s1. The first-order valence-electron chi connectivity index (χ1n) is 6.78. The van der Waals surface area contributed by atoms with Gasteiger partial charge in [-0.15, -0.1) is 0 Å². The average molecular weight is 292 g/mol. The molecule has 7 heteroatoms. The smallest absolute Gasteiger partial charge is 0.224 e. The van der Waals surface area contributed by atoms with Gasteiger partial charge in [0.15, 0.2) is 5.65 Å². The van der Waals surface area contributed by atoms with E-state index in [9.17, 15) is 4.79 Å². The van der Waals surface area contributed by atoms with Gasteiger partial charge in [-0.3, -0.25) is 4.79 Å². The Kier molecular flexibility index (Phi) is 2.51. The molecule has 3 heterocycles. The Morgan fingerprint density at radius 2 is 2.25 bits per heavy atom. The Bertz CT molecular complexity index is 699. The van der Waals surface area contributed by atoms with Crippen molar-refractivity contribution in [3.8, 4) is 0 Å². The molecule has 0 aromatic carbocycles. The van der Waals surface area contributed by atoms with Crippen LogP contribution in [0.25, 0.3) is 11.0 Å². The van der Waals surface area contributed by atoms with E-state index >= 15 is 0 Å². The Labute approximate surface area is 120 Å². The number of fused-ring (bicyclic) bond motifs is 2. The zero-order valence-corrected chi connectivity index (χ0v) is 11.8. The Balaban J connectivity index is 1.76. The zero-order valence-electron chi connectivity index (χ0n) is 11.0. The first-order valence-corrected chi connectivity index (χ1v) is 7.16. The normalized spacial score (nSPS) is 28.5. The highest BCUT2D eigenvalue weighted by Gasteiger charge is 2.50. The molecule has 0 unspecified atom stereocenters. The summed E-state index contributed by atoms with van der Waals surface area (Å²) in [6.45, 7) is 2.51. The molecule has 104 valence electrons. The lowest BCUT2D eigenvalue weighted by atomic mass is 9.90. The molecule has 6 nitrogen and oxygen atoms in total. The van der Waals surface area contributed by atoms with Crippen molar-refractivity contribution < 1.29 is 4.79 Å². The molecule has 2 fully saturated rings. The second kappa shape index (κ2) is 4.15. The van der Waals surface area contributed by atoms with Crippen molar-refractivity contribution in [1.82, 2.24) is 24.6 Å². The SMILES string of the molecule is CC(=O)N1C[C@@H]2CC[C@@H](n3ncc4cnc(Cl)nc43)[C@@H]21. The molecular weight excluding hydrogens is 278 g/mol. The number of carbonyl (C=O) groups excluding carboxylic acids is 1. The average Bonchev–Trinajstić information content (AvgIpc) is 2.90. The highest BCUT2D eigenvalue weighted by atomic mass is 35.5. The number of carbonyl (C=O) groups is 1. The fourth-order valence-electron chi connectivity index (χ4n) is 3.60. The lowest BCUT2D eigenvalue weighted by Crippen LogP contribution is -2.58. The van der Waals surface area contributed by atoms with E-state index in [1.54, 1.807) is 19.3 Å². The third kappa shape index (κ3) is 1.57. The Hall–Kier alpha value is -1.69. The second-order valence-electron chi connectivity index (χ2n) is 5.57. The lowest BCUT2D eigenvalue weighted by Gasteiger charge is -2.46. The van der Waals surface area contributed by atoms with Gasteiger partial charge in [0.25, 0.3) is 0 Å². The first-order chi connectivity index (χ1) is 9.65. The van der Waals surface area contributed by atoms with Crippen molar-refractivity contribution in [2.75, 3.05) is 6.54 Å². The third-order valence-corrected chi connectivity index (χ3v) is 4.71. The van der Waals surface area contributed by atoms with Gasteiger partial charge in [-0.05, 0) is 30.4 Å². The fraction of sp³-hybridized carbons (Fsp3) is 0.538. The molecule has 1 amide bonds. The molecule has 1 aliphatic heterocycles. The van der Waals surface area contributed by atoms with Crippen molar-refractivity contribution in [3.63, 3.8) is 0 Å². The number of aromatic nitrogens is 4. The van der Waals surface area contributed by atoms with Crippen LogP contribution in [-0.2, 0) is 4.79 Å². The molecule has 0 spiro atoms. The van der Waals surface area contributed by atoms with Crippen molar-refractivity contribution in [3.05, 3.63) is 17.7 Å². The maximum absolute atomic E-state index is 11.7. The summed E-state index contributed by atoms with van der Waals surface area (Å²) in [5.74, 6) is 0.739. The molecule has 1 saturated carbocycles. The van der Waals surface area contributed by atoms with E-state index in [2.05, 4.69) is 15.1 Å². The van der Waals surface area contributed by atoms with Crippen LogP contribution in [0.5, 0.6) is 0 Å². The summed E-state index contributed by atoms with van der Waals surface area (Å²) in [5, 5.41) is 5.56. The van der Waals surface area contributed by atoms with Crippen LogP contribution in [0.2, 0.25) is 5.28 Å². The number of hydrogen-bond acceptors (Lipinski definition) is 4. The molecule has 1 saturated heterocycles. The zero-order chi connectivity index (χ0) is 13.9. The number of halogens is 1. The van der Waals surface area contributed by atoms with Crippen LogP contribution in [-0.4, -0.2) is 43.1 Å². The summed E-state index contributed by atoms with van der Waals surface area (Å²) in [7, 11) is 0. The van der Waals surface area contributed by atoms with Gasteiger partial charge in [0, 0.05) is 19.7 Å². The minimum atomic E-state index is 0.141. The van der Waals surface area contributed by atoms with E-state index in [1.807, 2.05) is 9.58 Å². The van der Waals surface area contributed by atoms with Crippen LogP contribution < -0.4 is 0 Å². The summed E-state index contributed by atoms with van der Waals surface area (Å²) >= 11 is 5.88. The third-order valence-electron chi connectivity index (χ3n) is 4.52. The van der Waals surface area contributed by atoms with E-state index in [0.717, 1.165) is 30.4 Å². The van der Waals surface area contributed by atoms with Crippen LogP contribution in [0.3, 0.4) is 0 Å². The van der Waals surface area contributed by atoms with E-state index in [-0.39, 0.29) is 23.3 Å². The van der Waals surface area contributed by atoms with Gasteiger partial charge >= 0.3 is 0 Å². The molecule has 3 atom stereocenters. The van der Waals surface area contributed by atoms with Gasteiger partial charge < -0.3 is 4.90 Å². The summed E-state index contributed by atoms with van der Waals surface area (Å²) in [5.41, 5.74) is 0.756. The van der Waals surface area contributed by atoms with E-state index in [1.165, 1.54) is 0 Å². The quantitative estimate of drug-likeness (QED) is 0.750. The van der Waals surface area contributed by atoms with Crippen LogP contribution in [0.4, 0.5) is 0 Å². The van der Waals surface area contributed by atoms with Crippen molar-refractivity contribution in [2.24, 2.45) is 5.92 Å². The number of amides is 1. The molecule has 2 aromatic rings. The van der Waals surface area contributed by atoms with Gasteiger partial charge in [-0.1, -0.05) is 0 Å². The maximum atomic E-state index is 11.7. The molecule has 20 heavy (non-hydrogen) atoms. The van der Waals surface area contributed by atoms with Crippen molar-refractivity contribution in [1.29, 1.82) is 0 Å². The highest BCUT2D eigenvalue weighted by Crippen LogP contribution is 2.45. The molecule has 0 radical (unpaired) electrons. The maximum Gasteiger partial charge on any atom is 0.224 e. The molecule has 2 aliphatic rings. The number of rotatable bonds is 1. The largest absolute Gasteiger partial charge is 0.337 e. The Morgan fingerprint density at radius 3 is 3.05 bits per heavy atom. The van der Waals surface area contributed by atoms with Gasteiger partial charge in [-0.25, -0.2) is 9.67 Å². The van der Waals surface area contributed by atoms with Gasteiger partial charge in [0.1, 0.15) is 0 Å². The first kappa shape index (κ1) is 12.1. The lowest BCUT2D eigenvalue weighted by molar-refractivity contribution is -0.141. The topological polar surface area (TPSA) is 63.9 Å². The van der Waals surface area contributed by atoms with E-state index < -0.39 is 0 Å². The van der Waals surface area contributed by atoms with Crippen LogP contribution >= 0.6 is 11.6 Å². The summed E-state index contributed by atoms with van der Waals surface area (Å²) in [4.78, 5) is 21.9. The minimum Gasteiger partial charge on any atom is -0.337 e.